The highest BCUT2D eigenvalue weighted by Gasteiger charge is 2.75. The first-order valence-electron chi connectivity index (χ1n) is 15.6. The molecule has 0 aliphatic heterocycles. The van der Waals surface area contributed by atoms with Crippen molar-refractivity contribution >= 4 is 23.6 Å². The highest BCUT2D eigenvalue weighted by atomic mass is 19.1. The number of aliphatic hydroxyl groups is 2. The number of Topliss-reactive ketones (excluding diaryl/α,β-unsaturated/α-hetero) is 1. The van der Waals surface area contributed by atoms with Gasteiger partial charge in [-0.1, -0.05) is 31.9 Å². The lowest BCUT2D eigenvalue weighted by Crippen LogP contribution is -2.69. The van der Waals surface area contributed by atoms with Gasteiger partial charge in [0.25, 0.3) is 0 Å². The summed E-state index contributed by atoms with van der Waals surface area (Å²) in [6.07, 6.45) is 5.50. The van der Waals surface area contributed by atoms with Gasteiger partial charge in [0.15, 0.2) is 18.1 Å². The molecule has 3 fully saturated rings. The Labute approximate surface area is 253 Å². The van der Waals surface area contributed by atoms with Crippen LogP contribution < -0.4 is 5.32 Å². The highest BCUT2D eigenvalue weighted by molar-refractivity contribution is 6.01. The van der Waals surface area contributed by atoms with E-state index in [0.717, 1.165) is 0 Å². The molecule has 9 nitrogen and oxygen atoms in total. The lowest BCUT2D eigenvalue weighted by Gasteiger charge is -2.62. The van der Waals surface area contributed by atoms with Gasteiger partial charge in [0, 0.05) is 29.7 Å². The molecule has 4 aliphatic rings. The molecule has 43 heavy (non-hydrogen) atoms. The Morgan fingerprint density at radius 2 is 1.84 bits per heavy atom. The van der Waals surface area contributed by atoms with Gasteiger partial charge in [-0.25, -0.2) is 9.18 Å². The molecule has 0 unspecified atom stereocenters. The molecule has 0 saturated heterocycles. The number of nitrogens with one attached hydrogen (secondary N) is 1. The minimum Gasteiger partial charge on any atom is -0.458 e. The van der Waals surface area contributed by atoms with E-state index in [4.69, 9.17) is 9.47 Å². The number of esters is 1. The van der Waals surface area contributed by atoms with Crippen molar-refractivity contribution in [3.05, 3.63) is 23.8 Å². The van der Waals surface area contributed by atoms with Gasteiger partial charge in [0.2, 0.25) is 5.78 Å². The molecule has 240 valence electrons. The second-order valence-corrected chi connectivity index (χ2v) is 14.5. The van der Waals surface area contributed by atoms with Crippen LogP contribution in [0.4, 0.5) is 9.18 Å². The molecule has 0 aromatic heterocycles. The first-order chi connectivity index (χ1) is 19.9. The van der Waals surface area contributed by atoms with Crippen molar-refractivity contribution in [1.82, 2.24) is 5.32 Å². The second-order valence-electron chi connectivity index (χ2n) is 14.5. The zero-order valence-electron chi connectivity index (χ0n) is 26.3. The Morgan fingerprint density at radius 1 is 1.14 bits per heavy atom. The minimum atomic E-state index is -2.05. The smallest absolute Gasteiger partial charge is 0.407 e. The first-order valence-corrected chi connectivity index (χ1v) is 15.6. The molecule has 3 N–H and O–H groups in total. The third-order valence-electron chi connectivity index (χ3n) is 10.7. The topological polar surface area (TPSA) is 139 Å². The number of carbonyl (C=O) groups is 4. The predicted molar refractivity (Wildman–Crippen MR) is 157 cm³/mol. The van der Waals surface area contributed by atoms with Gasteiger partial charge in [-0.05, 0) is 90.2 Å². The van der Waals surface area contributed by atoms with E-state index < -0.39 is 70.1 Å². The number of halogens is 1. The van der Waals surface area contributed by atoms with Crippen LogP contribution in [0.15, 0.2) is 23.8 Å². The zero-order chi connectivity index (χ0) is 32.0. The van der Waals surface area contributed by atoms with Gasteiger partial charge in [0.1, 0.15) is 11.2 Å². The summed E-state index contributed by atoms with van der Waals surface area (Å²) >= 11 is 0. The second kappa shape index (κ2) is 11.7. The SMILES string of the molecule is C[C@H]1C[C@H]2[C@@H]3CCC4=CC(=O)C=C[C@]4(C)[C@@]3(F)[C@@H](O)C[C@]2(C)[C@@]1(O)C(=O)COC(=O)CCCCCNC(=O)OC(C)(C)C. The fourth-order valence-corrected chi connectivity index (χ4v) is 8.54. The lowest BCUT2D eigenvalue weighted by molar-refractivity contribution is -0.220. The largest absolute Gasteiger partial charge is 0.458 e. The number of hydrogen-bond acceptors (Lipinski definition) is 8. The van der Waals surface area contributed by atoms with Gasteiger partial charge in [-0.3, -0.25) is 14.4 Å². The Hall–Kier alpha value is -2.59. The van der Waals surface area contributed by atoms with Crippen LogP contribution in [0.25, 0.3) is 0 Å². The molecule has 3 saturated carbocycles. The van der Waals surface area contributed by atoms with Gasteiger partial charge in [-0.15, -0.1) is 0 Å². The Morgan fingerprint density at radius 3 is 2.51 bits per heavy atom. The summed E-state index contributed by atoms with van der Waals surface area (Å²) in [4.78, 5) is 49.7. The van der Waals surface area contributed by atoms with Gasteiger partial charge in [-0.2, -0.15) is 0 Å². The maximum Gasteiger partial charge on any atom is 0.407 e. The van der Waals surface area contributed by atoms with Crippen LogP contribution in [0, 0.1) is 28.6 Å². The van der Waals surface area contributed by atoms with Gasteiger partial charge >= 0.3 is 12.1 Å². The summed E-state index contributed by atoms with van der Waals surface area (Å²) < 4.78 is 27.7. The predicted octanol–water partition coefficient (Wildman–Crippen LogP) is 4.53. The maximum absolute atomic E-state index is 17.3. The third kappa shape index (κ3) is 5.70. The molecule has 0 radical (unpaired) electrons. The molecule has 1 amide bonds. The van der Waals surface area contributed by atoms with Crippen molar-refractivity contribution in [3.8, 4) is 0 Å². The number of ether oxygens (including phenoxy) is 2. The number of alkyl halides is 1. The van der Waals surface area contributed by atoms with E-state index in [-0.39, 0.29) is 24.5 Å². The van der Waals surface area contributed by atoms with Crippen LogP contribution >= 0.6 is 0 Å². The van der Waals surface area contributed by atoms with Crippen molar-refractivity contribution in [2.24, 2.45) is 28.6 Å². The van der Waals surface area contributed by atoms with E-state index in [1.807, 2.05) is 0 Å². The number of carbonyl (C=O) groups excluding carboxylic acids is 4. The van der Waals surface area contributed by atoms with E-state index in [1.165, 1.54) is 12.2 Å². The molecule has 10 heteroatoms. The average molecular weight is 606 g/mol. The summed E-state index contributed by atoms with van der Waals surface area (Å²) in [5.74, 6) is -2.94. The molecule has 4 rings (SSSR count). The summed E-state index contributed by atoms with van der Waals surface area (Å²) in [6, 6.07) is 0. The van der Waals surface area contributed by atoms with Crippen LogP contribution in [-0.4, -0.2) is 70.0 Å². The molecule has 8 atom stereocenters. The van der Waals surface area contributed by atoms with Crippen LogP contribution in [0.5, 0.6) is 0 Å². The molecular weight excluding hydrogens is 557 g/mol. The van der Waals surface area contributed by atoms with Crippen molar-refractivity contribution in [2.75, 3.05) is 13.2 Å². The number of aliphatic hydroxyl groups excluding tert-OH is 1. The fourth-order valence-electron chi connectivity index (χ4n) is 8.54. The van der Waals surface area contributed by atoms with Crippen molar-refractivity contribution in [1.29, 1.82) is 0 Å². The van der Waals surface area contributed by atoms with E-state index in [1.54, 1.807) is 47.6 Å². The Bertz CT molecular complexity index is 1210. The highest BCUT2D eigenvalue weighted by Crippen LogP contribution is 2.70. The number of ketones is 2. The number of hydrogen-bond donors (Lipinski definition) is 3. The number of alkyl carbamates (subject to hydrolysis) is 1. The summed E-state index contributed by atoms with van der Waals surface area (Å²) in [7, 11) is 0. The molecule has 0 aromatic carbocycles. The van der Waals surface area contributed by atoms with Gasteiger partial charge < -0.3 is 25.0 Å². The summed E-state index contributed by atoms with van der Waals surface area (Å²) in [6.45, 7) is 10.4. The number of rotatable bonds is 9. The van der Waals surface area contributed by atoms with Crippen molar-refractivity contribution < 1.29 is 43.3 Å². The number of fused-ring (bicyclic) bond motifs is 5. The molecule has 0 bridgehead atoms. The Balaban J connectivity index is 1.34. The first kappa shape index (κ1) is 33.3. The van der Waals surface area contributed by atoms with Crippen LogP contribution in [0.1, 0.15) is 92.9 Å². The van der Waals surface area contributed by atoms with E-state index in [9.17, 15) is 29.4 Å². The monoisotopic (exact) mass is 605 g/mol. The van der Waals surface area contributed by atoms with E-state index in [2.05, 4.69) is 5.32 Å². The molecule has 0 spiro atoms. The number of amides is 1. The van der Waals surface area contributed by atoms with Crippen molar-refractivity contribution in [2.45, 2.75) is 116 Å². The van der Waals surface area contributed by atoms with Crippen LogP contribution in [-0.2, 0) is 23.9 Å². The molecule has 0 heterocycles. The maximum atomic E-state index is 17.3. The standard InChI is InChI=1S/C33H48FNO8/c1-20-16-24-23-12-11-21-17-22(36)13-14-30(21,5)32(23,34)25(37)18-31(24,6)33(20,41)26(38)19-42-27(39)10-8-7-9-15-35-28(40)43-29(2,3)4/h13-14,17,20,23-25,37,41H,7-12,15-16,18-19H2,1-6H3,(H,35,40)/t20-,23-,24-,25-,30-,31-,32-,33-/m0/s1. The number of unbranched alkanes of at least 4 members (excludes halogenated alkanes) is 2. The quantitative estimate of drug-likeness (QED) is 0.257. The lowest BCUT2D eigenvalue weighted by atomic mass is 9.44. The summed E-state index contributed by atoms with van der Waals surface area (Å²) in [5.41, 5.74) is -6.13. The van der Waals surface area contributed by atoms with Crippen LogP contribution in [0.3, 0.4) is 0 Å². The van der Waals surface area contributed by atoms with E-state index in [0.29, 0.717) is 50.6 Å². The fraction of sp³-hybridized carbons (Fsp3) is 0.758. The van der Waals surface area contributed by atoms with Crippen molar-refractivity contribution in [3.63, 3.8) is 0 Å². The molecule has 0 aromatic rings. The number of allylic oxidation sites excluding steroid dienone is 4. The van der Waals surface area contributed by atoms with E-state index >= 15 is 4.39 Å². The molecular formula is C33H48FNO8. The summed E-state index contributed by atoms with van der Waals surface area (Å²) in [5, 5.41) is 26.1. The normalized spacial score (nSPS) is 38.3. The zero-order valence-corrected chi connectivity index (χ0v) is 26.3. The Kier molecular flexibility index (Phi) is 9.08. The molecule has 4 aliphatic carbocycles. The third-order valence-corrected chi connectivity index (χ3v) is 10.7. The average Bonchev–Trinajstić information content (AvgIpc) is 3.11. The van der Waals surface area contributed by atoms with Gasteiger partial charge in [0.05, 0.1) is 6.10 Å². The minimum absolute atomic E-state index is 0.0865. The van der Waals surface area contributed by atoms with Crippen LogP contribution in [0.2, 0.25) is 0 Å².